The first-order valence-corrected chi connectivity index (χ1v) is 9.31. The summed E-state index contributed by atoms with van der Waals surface area (Å²) in [5.41, 5.74) is 6.48. The Bertz CT molecular complexity index is 848. The standard InChI is InChI=1S/C20H24ClFN4O/c1-13-11-25(18-8-9-24-10-17(18)22)12-20(3,26(13)19(23)27)14(2)15-6-4-5-7-16(15)21/h4-10,13-14H,11-12H2,1-3H3,(H2,23,27)/t13?,14-,20?/m1/s1. The smallest absolute Gasteiger partial charge is 0.315 e. The number of halogens is 2. The van der Waals surface area contributed by atoms with Crippen LogP contribution in [0.2, 0.25) is 5.02 Å². The molecule has 2 aromatic rings. The van der Waals surface area contributed by atoms with Crippen molar-refractivity contribution in [3.63, 3.8) is 0 Å². The number of pyridine rings is 1. The molecule has 1 fully saturated rings. The van der Waals surface area contributed by atoms with Gasteiger partial charge < -0.3 is 15.5 Å². The van der Waals surface area contributed by atoms with Crippen LogP contribution in [0.1, 0.15) is 32.3 Å². The molecule has 0 radical (unpaired) electrons. The maximum absolute atomic E-state index is 14.4. The molecule has 0 spiro atoms. The van der Waals surface area contributed by atoms with E-state index >= 15 is 0 Å². The first-order chi connectivity index (χ1) is 12.8. The Balaban J connectivity index is 2.06. The number of rotatable bonds is 3. The van der Waals surface area contributed by atoms with Crippen molar-refractivity contribution in [2.45, 2.75) is 38.3 Å². The zero-order valence-corrected chi connectivity index (χ0v) is 16.4. The summed E-state index contributed by atoms with van der Waals surface area (Å²) in [7, 11) is 0. The number of nitrogens with zero attached hydrogens (tertiary/aromatic N) is 3. The third-order valence-electron chi connectivity index (χ3n) is 5.62. The number of aromatic nitrogens is 1. The monoisotopic (exact) mass is 390 g/mol. The third kappa shape index (κ3) is 3.46. The van der Waals surface area contributed by atoms with Gasteiger partial charge in [0.2, 0.25) is 0 Å². The van der Waals surface area contributed by atoms with Crippen LogP contribution in [-0.2, 0) is 0 Å². The molecular formula is C20H24ClFN4O. The Kier molecular flexibility index (Phi) is 5.29. The summed E-state index contributed by atoms with van der Waals surface area (Å²) in [6, 6.07) is 8.54. The van der Waals surface area contributed by atoms with E-state index in [0.717, 1.165) is 5.56 Å². The normalized spacial score (nSPS) is 24.0. The summed E-state index contributed by atoms with van der Waals surface area (Å²) < 4.78 is 14.4. The van der Waals surface area contributed by atoms with Crippen molar-refractivity contribution in [1.29, 1.82) is 0 Å². The third-order valence-corrected chi connectivity index (χ3v) is 5.96. The first kappa shape index (κ1) is 19.4. The van der Waals surface area contributed by atoms with Crippen LogP contribution in [0.5, 0.6) is 0 Å². The second-order valence-corrected chi connectivity index (χ2v) is 7.77. The minimum absolute atomic E-state index is 0.117. The van der Waals surface area contributed by atoms with Gasteiger partial charge in [0.15, 0.2) is 5.82 Å². The molecule has 2 heterocycles. The number of carbonyl (C=O) groups is 1. The second-order valence-electron chi connectivity index (χ2n) is 7.37. The molecule has 27 heavy (non-hydrogen) atoms. The van der Waals surface area contributed by atoms with Gasteiger partial charge in [-0.25, -0.2) is 9.18 Å². The summed E-state index contributed by atoms with van der Waals surface area (Å²) in [4.78, 5) is 19.8. The lowest BCUT2D eigenvalue weighted by Crippen LogP contribution is -2.69. The lowest BCUT2D eigenvalue weighted by atomic mass is 9.77. The first-order valence-electron chi connectivity index (χ1n) is 8.93. The van der Waals surface area contributed by atoms with Gasteiger partial charge in [-0.3, -0.25) is 4.98 Å². The summed E-state index contributed by atoms with van der Waals surface area (Å²) in [5, 5.41) is 0.635. The van der Waals surface area contributed by atoms with E-state index in [2.05, 4.69) is 4.98 Å². The zero-order chi connectivity index (χ0) is 19.8. The van der Waals surface area contributed by atoms with Crippen molar-refractivity contribution >= 4 is 23.3 Å². The molecule has 0 bridgehead atoms. The quantitative estimate of drug-likeness (QED) is 0.860. The number of urea groups is 1. The van der Waals surface area contributed by atoms with Gasteiger partial charge >= 0.3 is 6.03 Å². The zero-order valence-electron chi connectivity index (χ0n) is 15.7. The number of benzene rings is 1. The van der Waals surface area contributed by atoms with Gasteiger partial charge in [0.1, 0.15) is 0 Å². The highest BCUT2D eigenvalue weighted by Crippen LogP contribution is 2.41. The van der Waals surface area contributed by atoms with E-state index in [1.54, 1.807) is 17.2 Å². The van der Waals surface area contributed by atoms with Crippen LogP contribution in [0, 0.1) is 5.82 Å². The van der Waals surface area contributed by atoms with E-state index in [1.165, 1.54) is 6.20 Å². The maximum Gasteiger partial charge on any atom is 0.315 e. The predicted octanol–water partition coefficient (Wildman–Crippen LogP) is 4.03. The van der Waals surface area contributed by atoms with Crippen LogP contribution in [-0.4, -0.2) is 40.6 Å². The van der Waals surface area contributed by atoms with Gasteiger partial charge in [-0.05, 0) is 31.5 Å². The molecule has 1 aliphatic rings. The minimum atomic E-state index is -0.676. The molecule has 5 nitrogen and oxygen atoms in total. The van der Waals surface area contributed by atoms with E-state index in [-0.39, 0.29) is 17.8 Å². The van der Waals surface area contributed by atoms with Crippen molar-refractivity contribution in [1.82, 2.24) is 9.88 Å². The van der Waals surface area contributed by atoms with Crippen LogP contribution in [0.15, 0.2) is 42.7 Å². The summed E-state index contributed by atoms with van der Waals surface area (Å²) >= 11 is 6.43. The number of hydrogen-bond acceptors (Lipinski definition) is 3. The molecule has 144 valence electrons. The largest absolute Gasteiger partial charge is 0.365 e. The van der Waals surface area contributed by atoms with Crippen LogP contribution in [0.3, 0.4) is 0 Å². The molecular weight excluding hydrogens is 367 g/mol. The number of hydrogen-bond donors (Lipinski definition) is 1. The molecule has 3 rings (SSSR count). The molecule has 2 unspecified atom stereocenters. The van der Waals surface area contributed by atoms with Crippen molar-refractivity contribution in [3.05, 3.63) is 59.1 Å². The lowest BCUT2D eigenvalue weighted by Gasteiger charge is -2.55. The van der Waals surface area contributed by atoms with Gasteiger partial charge in [0.05, 0.1) is 17.4 Å². The predicted molar refractivity (Wildman–Crippen MR) is 106 cm³/mol. The Labute approximate surface area is 163 Å². The Morgan fingerprint density at radius 3 is 2.74 bits per heavy atom. The van der Waals surface area contributed by atoms with Gasteiger partial charge in [-0.1, -0.05) is 36.7 Å². The summed E-state index contributed by atoms with van der Waals surface area (Å²) in [6.45, 7) is 6.83. The number of primary amides is 1. The van der Waals surface area contributed by atoms with Crippen molar-refractivity contribution < 1.29 is 9.18 Å². The fourth-order valence-electron chi connectivity index (χ4n) is 4.21. The summed E-state index contributed by atoms with van der Waals surface area (Å²) in [6.07, 6.45) is 2.77. The molecule has 0 aliphatic carbocycles. The number of carbonyl (C=O) groups excluding carboxylic acids is 1. The van der Waals surface area contributed by atoms with E-state index in [0.29, 0.717) is 23.8 Å². The van der Waals surface area contributed by atoms with Crippen LogP contribution in [0.4, 0.5) is 14.9 Å². The Hall–Kier alpha value is -2.34. The van der Waals surface area contributed by atoms with E-state index in [9.17, 15) is 9.18 Å². The fourth-order valence-corrected chi connectivity index (χ4v) is 4.51. The average molecular weight is 391 g/mol. The molecule has 0 saturated carbocycles. The summed E-state index contributed by atoms with van der Waals surface area (Å²) in [5.74, 6) is -0.501. The van der Waals surface area contributed by atoms with Gasteiger partial charge in [-0.15, -0.1) is 0 Å². The van der Waals surface area contributed by atoms with E-state index in [1.807, 2.05) is 49.9 Å². The molecule has 1 aliphatic heterocycles. The van der Waals surface area contributed by atoms with Gasteiger partial charge in [-0.2, -0.15) is 0 Å². The topological polar surface area (TPSA) is 62.5 Å². The highest BCUT2D eigenvalue weighted by Gasteiger charge is 2.48. The van der Waals surface area contributed by atoms with Crippen LogP contribution in [0.25, 0.3) is 0 Å². The SMILES string of the molecule is CC1CN(c2ccncc2F)CC(C)([C@H](C)c2ccccc2Cl)N1C(N)=O. The fraction of sp³-hybridized carbons (Fsp3) is 0.400. The Morgan fingerprint density at radius 2 is 2.11 bits per heavy atom. The molecule has 2 amide bonds. The second kappa shape index (κ2) is 7.35. The number of piperazine rings is 1. The molecule has 1 saturated heterocycles. The molecule has 2 N–H and O–H groups in total. The van der Waals surface area contributed by atoms with Gasteiger partial charge in [0, 0.05) is 36.3 Å². The minimum Gasteiger partial charge on any atom is -0.365 e. The van der Waals surface area contributed by atoms with Crippen LogP contribution < -0.4 is 10.6 Å². The highest BCUT2D eigenvalue weighted by atomic mass is 35.5. The van der Waals surface area contributed by atoms with Crippen LogP contribution >= 0.6 is 11.6 Å². The van der Waals surface area contributed by atoms with E-state index < -0.39 is 11.6 Å². The Morgan fingerprint density at radius 1 is 1.41 bits per heavy atom. The van der Waals surface area contributed by atoms with Crippen molar-refractivity contribution in [2.24, 2.45) is 5.73 Å². The molecule has 1 aromatic heterocycles. The lowest BCUT2D eigenvalue weighted by molar-refractivity contribution is 0.0659. The van der Waals surface area contributed by atoms with Gasteiger partial charge in [0.25, 0.3) is 0 Å². The average Bonchev–Trinajstić information content (AvgIpc) is 2.61. The molecule has 3 atom stereocenters. The highest BCUT2D eigenvalue weighted by molar-refractivity contribution is 6.31. The molecule has 7 heteroatoms. The van der Waals surface area contributed by atoms with Crippen molar-refractivity contribution in [2.75, 3.05) is 18.0 Å². The maximum atomic E-state index is 14.4. The number of anilines is 1. The van der Waals surface area contributed by atoms with Crippen molar-refractivity contribution in [3.8, 4) is 0 Å². The van der Waals surface area contributed by atoms with E-state index in [4.69, 9.17) is 17.3 Å². The number of amides is 2. The number of nitrogens with two attached hydrogens (primary N) is 1. The molecule has 1 aromatic carbocycles.